The van der Waals surface area contributed by atoms with E-state index in [9.17, 15) is 29.8 Å². The molecule has 0 aliphatic rings. The van der Waals surface area contributed by atoms with Crippen LogP contribution in [-0.2, 0) is 9.68 Å². The lowest BCUT2D eigenvalue weighted by molar-refractivity contribution is -0.727. The molecular formula is C8H4N2O8. The van der Waals surface area contributed by atoms with E-state index in [1.165, 1.54) is 0 Å². The predicted octanol–water partition coefficient (Wildman–Crippen LogP) is 0.384. The summed E-state index contributed by atoms with van der Waals surface area (Å²) in [6, 6.07) is 4.12. The van der Waals surface area contributed by atoms with E-state index in [-0.39, 0.29) is 11.1 Å². The van der Waals surface area contributed by atoms with Gasteiger partial charge in [-0.15, -0.1) is 20.2 Å². The van der Waals surface area contributed by atoms with Crippen LogP contribution in [0.15, 0.2) is 24.3 Å². The SMILES string of the molecule is O=C(O[N+](=O)[O-])c1ccc(C(=O)O[N+](=O)[O-])cc1. The fourth-order valence-corrected chi connectivity index (χ4v) is 0.983. The van der Waals surface area contributed by atoms with E-state index in [1.807, 2.05) is 0 Å². The molecule has 0 saturated heterocycles. The minimum atomic E-state index is -1.28. The van der Waals surface area contributed by atoms with Crippen molar-refractivity contribution >= 4 is 11.9 Å². The lowest BCUT2D eigenvalue weighted by Gasteiger charge is -2.00. The molecule has 0 N–H and O–H groups in total. The summed E-state index contributed by atoms with van der Waals surface area (Å²) in [5.41, 5.74) is -0.381. The van der Waals surface area contributed by atoms with Gasteiger partial charge in [0.05, 0.1) is 0 Å². The smallest absolute Gasteiger partial charge is 0.263 e. The van der Waals surface area contributed by atoms with Crippen LogP contribution in [-0.4, -0.2) is 22.1 Å². The highest BCUT2D eigenvalue weighted by atomic mass is 17.0. The van der Waals surface area contributed by atoms with Crippen LogP contribution in [0, 0.1) is 20.2 Å². The van der Waals surface area contributed by atoms with E-state index in [2.05, 4.69) is 9.68 Å². The summed E-state index contributed by atoms with van der Waals surface area (Å²) in [4.78, 5) is 49.2. The van der Waals surface area contributed by atoms with Gasteiger partial charge < -0.3 is 0 Å². The Morgan fingerprint density at radius 1 is 0.833 bits per heavy atom. The van der Waals surface area contributed by atoms with Crippen molar-refractivity contribution < 1.29 is 29.4 Å². The molecule has 0 unspecified atom stereocenters. The highest BCUT2D eigenvalue weighted by molar-refractivity contribution is 5.92. The van der Waals surface area contributed by atoms with E-state index in [4.69, 9.17) is 0 Å². The summed E-state index contributed by atoms with van der Waals surface area (Å²) in [5, 5.41) is 17.2. The number of benzene rings is 1. The number of carbonyl (C=O) groups excluding carboxylic acids is 2. The molecule has 18 heavy (non-hydrogen) atoms. The van der Waals surface area contributed by atoms with Gasteiger partial charge in [0.2, 0.25) is 0 Å². The van der Waals surface area contributed by atoms with Crippen LogP contribution >= 0.6 is 0 Å². The first-order valence-corrected chi connectivity index (χ1v) is 4.23. The van der Waals surface area contributed by atoms with E-state index in [0.717, 1.165) is 24.3 Å². The maximum Gasteiger partial charge on any atom is 0.334 e. The van der Waals surface area contributed by atoms with Gasteiger partial charge in [-0.25, -0.2) is 9.68 Å². The summed E-state index contributed by atoms with van der Waals surface area (Å²) in [6.45, 7) is 0. The maximum absolute atomic E-state index is 11.0. The second-order valence-corrected chi connectivity index (χ2v) is 2.78. The molecule has 1 aromatic rings. The van der Waals surface area contributed by atoms with Gasteiger partial charge in [0, 0.05) is 11.1 Å². The molecule has 1 rings (SSSR count). The fraction of sp³-hybridized carbons (Fsp3) is 0. The van der Waals surface area contributed by atoms with Crippen molar-refractivity contribution in [3.05, 3.63) is 55.6 Å². The molecule has 10 nitrogen and oxygen atoms in total. The van der Waals surface area contributed by atoms with Crippen molar-refractivity contribution in [3.63, 3.8) is 0 Å². The third kappa shape index (κ3) is 3.52. The molecule has 0 spiro atoms. The van der Waals surface area contributed by atoms with Crippen molar-refractivity contribution in [2.75, 3.05) is 0 Å². The molecule has 0 bridgehead atoms. The molecule has 10 heteroatoms. The van der Waals surface area contributed by atoms with Gasteiger partial charge in [-0.05, 0) is 24.3 Å². The highest BCUT2D eigenvalue weighted by Crippen LogP contribution is 2.07. The molecule has 0 aliphatic heterocycles. The summed E-state index contributed by atoms with van der Waals surface area (Å²) < 4.78 is 0. The Labute approximate surface area is 97.9 Å². The van der Waals surface area contributed by atoms with E-state index < -0.39 is 22.1 Å². The highest BCUT2D eigenvalue weighted by Gasteiger charge is 2.14. The zero-order chi connectivity index (χ0) is 13.7. The fourth-order valence-electron chi connectivity index (χ4n) is 0.983. The van der Waals surface area contributed by atoms with E-state index in [1.54, 1.807) is 0 Å². The van der Waals surface area contributed by atoms with Crippen LogP contribution in [0.2, 0.25) is 0 Å². The quantitative estimate of drug-likeness (QED) is 0.556. The Hall–Kier alpha value is -3.04. The molecule has 0 amide bonds. The molecule has 0 aromatic heterocycles. The molecule has 0 aliphatic carbocycles. The van der Waals surface area contributed by atoms with Crippen LogP contribution in [0.25, 0.3) is 0 Å². The topological polar surface area (TPSA) is 139 Å². The molecule has 0 fully saturated rings. The zero-order valence-electron chi connectivity index (χ0n) is 8.47. The van der Waals surface area contributed by atoms with E-state index >= 15 is 0 Å². The monoisotopic (exact) mass is 256 g/mol. The summed E-state index contributed by atoms with van der Waals surface area (Å²) >= 11 is 0. The number of hydrogen-bond acceptors (Lipinski definition) is 8. The van der Waals surface area contributed by atoms with Gasteiger partial charge in [0.15, 0.2) is 0 Å². The van der Waals surface area contributed by atoms with Crippen LogP contribution in [0.4, 0.5) is 0 Å². The molecule has 0 heterocycles. The van der Waals surface area contributed by atoms with E-state index in [0.29, 0.717) is 0 Å². The van der Waals surface area contributed by atoms with Gasteiger partial charge in [0.1, 0.15) is 0 Å². The Balaban J connectivity index is 2.79. The average molecular weight is 256 g/mol. The second-order valence-electron chi connectivity index (χ2n) is 2.78. The van der Waals surface area contributed by atoms with Crippen molar-refractivity contribution in [1.29, 1.82) is 0 Å². The van der Waals surface area contributed by atoms with Crippen LogP contribution in [0.3, 0.4) is 0 Å². The maximum atomic E-state index is 11.0. The minimum Gasteiger partial charge on any atom is -0.263 e. The molecule has 1 aromatic carbocycles. The van der Waals surface area contributed by atoms with Crippen molar-refractivity contribution in [1.82, 2.24) is 0 Å². The number of nitrogens with zero attached hydrogens (tertiary/aromatic N) is 2. The van der Waals surface area contributed by atoms with Crippen LogP contribution in [0.1, 0.15) is 20.7 Å². The first-order chi connectivity index (χ1) is 8.40. The van der Waals surface area contributed by atoms with Crippen LogP contribution in [0.5, 0.6) is 0 Å². The van der Waals surface area contributed by atoms with Gasteiger partial charge in [-0.1, -0.05) is 0 Å². The van der Waals surface area contributed by atoms with Crippen molar-refractivity contribution in [3.8, 4) is 0 Å². The molecule has 0 radical (unpaired) electrons. The Morgan fingerprint density at radius 2 is 1.11 bits per heavy atom. The van der Waals surface area contributed by atoms with Crippen molar-refractivity contribution in [2.24, 2.45) is 0 Å². The first-order valence-electron chi connectivity index (χ1n) is 4.23. The standard InChI is InChI=1S/C8H4N2O8/c11-7(17-9(13)14)5-1-2-6(4-3-5)8(12)18-10(15)16/h1-4H. The largest absolute Gasteiger partial charge is 0.334 e. The lowest BCUT2D eigenvalue weighted by Crippen LogP contribution is -2.12. The molecule has 94 valence electrons. The molecular weight excluding hydrogens is 252 g/mol. The van der Waals surface area contributed by atoms with Crippen LogP contribution < -0.4 is 0 Å². The summed E-state index contributed by atoms with van der Waals surface area (Å²) in [5.74, 6) is -2.46. The first kappa shape index (κ1) is 13.0. The third-order valence-electron chi connectivity index (χ3n) is 1.67. The second kappa shape index (κ2) is 5.34. The third-order valence-corrected chi connectivity index (χ3v) is 1.67. The van der Waals surface area contributed by atoms with Gasteiger partial charge in [0.25, 0.3) is 0 Å². The Kier molecular flexibility index (Phi) is 3.86. The van der Waals surface area contributed by atoms with Gasteiger partial charge in [-0.2, -0.15) is 0 Å². The summed E-state index contributed by atoms with van der Waals surface area (Å²) in [6.07, 6.45) is 0. The summed E-state index contributed by atoms with van der Waals surface area (Å²) in [7, 11) is 0. The minimum absolute atomic E-state index is 0.190. The lowest BCUT2D eigenvalue weighted by atomic mass is 10.1. The Morgan fingerprint density at radius 3 is 1.33 bits per heavy atom. The normalized spacial score (nSPS) is 9.33. The zero-order valence-corrected chi connectivity index (χ0v) is 8.47. The molecule has 0 atom stereocenters. The number of rotatable bonds is 4. The molecule has 0 saturated carbocycles. The Bertz CT molecular complexity index is 461. The predicted molar refractivity (Wildman–Crippen MR) is 51.3 cm³/mol. The van der Waals surface area contributed by atoms with Crippen molar-refractivity contribution in [2.45, 2.75) is 0 Å². The average Bonchev–Trinajstić information content (AvgIpc) is 2.27. The number of carbonyl (C=O) groups is 2. The number of hydrogen-bond donors (Lipinski definition) is 0. The van der Waals surface area contributed by atoms with Gasteiger partial charge >= 0.3 is 22.1 Å². The van der Waals surface area contributed by atoms with Gasteiger partial charge in [-0.3, -0.25) is 9.59 Å².